The number of aryl methyl sites for hydroxylation is 1. The van der Waals surface area contributed by atoms with Gasteiger partial charge >= 0.3 is 0 Å². The largest absolute Gasteiger partial charge is 0.276 e. The highest BCUT2D eigenvalue weighted by atomic mass is 32.3. The zero-order valence-corrected chi connectivity index (χ0v) is 17.9. The summed E-state index contributed by atoms with van der Waals surface area (Å²) in [5.74, 6) is 0. The molecule has 0 amide bonds. The summed E-state index contributed by atoms with van der Waals surface area (Å²) in [5, 5.41) is 21.6. The number of alkyl halides is 2. The molecule has 12 heteroatoms. The molecule has 0 aromatic carbocycles. The first-order chi connectivity index (χ1) is 14.7. The molecule has 164 valence electrons. The lowest BCUT2D eigenvalue weighted by atomic mass is 10.1. The van der Waals surface area contributed by atoms with Crippen LogP contribution < -0.4 is 5.14 Å². The van der Waals surface area contributed by atoms with E-state index in [0.29, 0.717) is 46.5 Å². The van der Waals surface area contributed by atoms with E-state index in [0.717, 1.165) is 5.69 Å². The Balaban J connectivity index is 1.89. The van der Waals surface area contributed by atoms with Crippen molar-refractivity contribution in [1.82, 2.24) is 34.7 Å². The lowest BCUT2D eigenvalue weighted by Gasteiger charge is -2.27. The van der Waals surface area contributed by atoms with Crippen LogP contribution in [0.3, 0.4) is 0 Å². The van der Waals surface area contributed by atoms with Crippen molar-refractivity contribution in [3.05, 3.63) is 36.2 Å². The maximum atomic E-state index is 13.4. The molecule has 1 fully saturated rings. The predicted octanol–water partition coefficient (Wildman–Crippen LogP) is 2.00. The number of hydrogen-bond acceptors (Lipinski definition) is 5. The summed E-state index contributed by atoms with van der Waals surface area (Å²) in [4.78, 5) is 4.78. The van der Waals surface area contributed by atoms with E-state index in [2.05, 4.69) is 20.4 Å². The number of fused-ring (bicyclic) bond motifs is 1. The zero-order chi connectivity index (χ0) is 22.0. The average molecular weight is 449 g/mol. The van der Waals surface area contributed by atoms with E-state index in [1.165, 1.54) is 4.68 Å². The smallest absolute Gasteiger partial charge is 0.257 e. The standard InChI is InChI=1S/C19H22F2N8OS/c1-28-14(4-8-24-28)13-9-11(19(5-6-19)31(2,22)30)18-17(25-13)16(12-3-7-23-26-12)27-29(18)10-15(20)21/h3-4,7-9,15,31H,5-6,10H2,1-2H3,(H2,22,30)(H,23,26). The highest BCUT2D eigenvalue weighted by Crippen LogP contribution is 2.56. The highest BCUT2D eigenvalue weighted by Gasteiger charge is 2.53. The molecule has 3 N–H and O–H groups in total. The number of pyridine rings is 1. The van der Waals surface area contributed by atoms with Gasteiger partial charge in [-0.1, -0.05) is 10.1 Å². The second kappa shape index (κ2) is 6.76. The Hall–Kier alpha value is -2.99. The minimum Gasteiger partial charge on any atom is -0.276 e. The molecule has 0 saturated heterocycles. The summed E-state index contributed by atoms with van der Waals surface area (Å²) in [6, 6.07) is 5.31. The van der Waals surface area contributed by atoms with Gasteiger partial charge in [0.2, 0.25) is 0 Å². The summed E-state index contributed by atoms with van der Waals surface area (Å²) in [6.45, 7) is -0.612. The lowest BCUT2D eigenvalue weighted by Crippen LogP contribution is -2.35. The summed E-state index contributed by atoms with van der Waals surface area (Å²) in [6.07, 6.45) is 3.35. The van der Waals surface area contributed by atoms with Crippen molar-refractivity contribution in [3.8, 4) is 22.8 Å². The van der Waals surface area contributed by atoms with Crippen LogP contribution in [-0.2, 0) is 28.5 Å². The number of nitrogens with one attached hydrogen (secondary N) is 1. The molecule has 1 saturated carbocycles. The van der Waals surface area contributed by atoms with E-state index in [1.54, 1.807) is 42.5 Å². The van der Waals surface area contributed by atoms with Gasteiger partial charge in [-0.15, -0.1) is 0 Å². The number of H-pyrrole nitrogens is 1. The van der Waals surface area contributed by atoms with Crippen LogP contribution in [0.5, 0.6) is 0 Å². The van der Waals surface area contributed by atoms with Gasteiger partial charge in [0.05, 0.1) is 27.3 Å². The van der Waals surface area contributed by atoms with Gasteiger partial charge in [0.1, 0.15) is 17.8 Å². The molecule has 0 aliphatic heterocycles. The fourth-order valence-corrected chi connectivity index (χ4v) is 5.85. The van der Waals surface area contributed by atoms with Gasteiger partial charge in [-0.25, -0.2) is 13.8 Å². The van der Waals surface area contributed by atoms with Gasteiger partial charge in [0.15, 0.2) is 0 Å². The third-order valence-corrected chi connectivity index (χ3v) is 8.31. The topological polar surface area (TPSA) is 120 Å². The van der Waals surface area contributed by atoms with Crippen LogP contribution in [0.1, 0.15) is 18.4 Å². The molecule has 0 unspecified atom stereocenters. The van der Waals surface area contributed by atoms with Crippen LogP contribution in [0.4, 0.5) is 8.78 Å². The van der Waals surface area contributed by atoms with Gasteiger partial charge < -0.3 is 0 Å². The summed E-state index contributed by atoms with van der Waals surface area (Å²) in [5.41, 5.74) is 3.77. The van der Waals surface area contributed by atoms with Crippen molar-refractivity contribution in [2.45, 2.75) is 30.6 Å². The SMILES string of the molecule is Cn1nccc1-c1cc(C2([SH](C)(N)=O)CC2)c2c(n1)c(-c1ccn[nH]1)nn2CC(F)F. The first kappa shape index (κ1) is 19.9. The van der Waals surface area contributed by atoms with Crippen molar-refractivity contribution < 1.29 is 13.0 Å². The number of hydrogen-bond donors (Lipinski definition) is 3. The van der Waals surface area contributed by atoms with Crippen LogP contribution in [0.2, 0.25) is 0 Å². The van der Waals surface area contributed by atoms with Crippen molar-refractivity contribution in [3.63, 3.8) is 0 Å². The highest BCUT2D eigenvalue weighted by molar-refractivity contribution is 8.01. The zero-order valence-electron chi connectivity index (χ0n) is 17.0. The Morgan fingerprint density at radius 1 is 1.32 bits per heavy atom. The van der Waals surface area contributed by atoms with E-state index < -0.39 is 27.8 Å². The van der Waals surface area contributed by atoms with Crippen LogP contribution in [0, 0.1) is 0 Å². The molecular formula is C19H22F2N8OS. The summed E-state index contributed by atoms with van der Waals surface area (Å²) in [7, 11) is -1.31. The average Bonchev–Trinajstić information content (AvgIpc) is 3.00. The van der Waals surface area contributed by atoms with Crippen molar-refractivity contribution in [2.75, 3.05) is 6.26 Å². The molecule has 4 heterocycles. The fraction of sp³-hybridized carbons (Fsp3) is 0.368. The third kappa shape index (κ3) is 3.08. The summed E-state index contributed by atoms with van der Waals surface area (Å²) >= 11 is 0. The van der Waals surface area contributed by atoms with Gasteiger partial charge in [0.25, 0.3) is 6.43 Å². The number of aromatic nitrogens is 7. The van der Waals surface area contributed by atoms with Crippen molar-refractivity contribution in [1.29, 1.82) is 0 Å². The van der Waals surface area contributed by atoms with Crippen LogP contribution >= 0.6 is 0 Å². The molecule has 4 aromatic heterocycles. The third-order valence-electron chi connectivity index (χ3n) is 5.92. The number of rotatable bonds is 6. The minimum absolute atomic E-state index is 0.400. The first-order valence-electron chi connectivity index (χ1n) is 9.76. The molecule has 5 rings (SSSR count). The van der Waals surface area contributed by atoms with Crippen molar-refractivity contribution >= 4 is 21.2 Å². The van der Waals surface area contributed by atoms with Crippen LogP contribution in [0.15, 0.2) is 30.6 Å². The van der Waals surface area contributed by atoms with Gasteiger partial charge in [-0.2, -0.15) is 15.3 Å². The fourth-order valence-electron chi connectivity index (χ4n) is 4.20. The number of aromatic amines is 1. The molecule has 1 aliphatic rings. The molecule has 4 aromatic rings. The van der Waals surface area contributed by atoms with E-state index >= 15 is 0 Å². The van der Waals surface area contributed by atoms with Gasteiger partial charge in [-0.05, 0) is 36.6 Å². The Morgan fingerprint density at radius 3 is 2.65 bits per heavy atom. The molecule has 0 spiro atoms. The molecule has 1 aliphatic carbocycles. The maximum Gasteiger partial charge on any atom is 0.257 e. The Kier molecular flexibility index (Phi) is 4.35. The van der Waals surface area contributed by atoms with E-state index in [-0.39, 0.29) is 0 Å². The predicted molar refractivity (Wildman–Crippen MR) is 114 cm³/mol. The molecule has 0 bridgehead atoms. The second-order valence-electron chi connectivity index (χ2n) is 8.01. The normalized spacial score (nSPS) is 16.3. The maximum absolute atomic E-state index is 13.4. The van der Waals surface area contributed by atoms with Gasteiger partial charge in [-0.3, -0.25) is 23.8 Å². The number of nitrogens with two attached hydrogens (primary N) is 1. The van der Waals surface area contributed by atoms with E-state index in [4.69, 9.17) is 10.1 Å². The molecule has 0 atom stereocenters. The number of thiol groups is 1. The Morgan fingerprint density at radius 2 is 2.10 bits per heavy atom. The number of halogens is 2. The molecule has 31 heavy (non-hydrogen) atoms. The first-order valence-corrected chi connectivity index (χ1v) is 12.0. The lowest BCUT2D eigenvalue weighted by molar-refractivity contribution is 0.123. The van der Waals surface area contributed by atoms with Crippen LogP contribution in [-0.4, -0.2) is 51.6 Å². The number of nitrogens with zero attached hydrogens (tertiary/aromatic N) is 6. The van der Waals surface area contributed by atoms with Gasteiger partial charge in [0, 0.05) is 25.7 Å². The second-order valence-corrected chi connectivity index (χ2v) is 10.8. The minimum atomic E-state index is -3.10. The molecule has 0 radical (unpaired) electrons. The monoisotopic (exact) mass is 448 g/mol. The van der Waals surface area contributed by atoms with Crippen LogP contribution in [0.25, 0.3) is 33.8 Å². The molecular weight excluding hydrogens is 426 g/mol. The summed E-state index contributed by atoms with van der Waals surface area (Å²) < 4.78 is 42.1. The Labute approximate surface area is 177 Å². The Bertz CT molecular complexity index is 1320. The van der Waals surface area contributed by atoms with E-state index in [9.17, 15) is 13.0 Å². The molecule has 9 nitrogen and oxygen atoms in total. The quantitative estimate of drug-likeness (QED) is 0.390. The van der Waals surface area contributed by atoms with Crippen molar-refractivity contribution in [2.24, 2.45) is 12.2 Å². The van der Waals surface area contributed by atoms with E-state index in [1.807, 2.05) is 6.07 Å².